The number of hydrogen-bond donors (Lipinski definition) is 2. The zero-order valence-corrected chi connectivity index (χ0v) is 12.7. The van der Waals surface area contributed by atoms with E-state index in [1.54, 1.807) is 17.4 Å². The van der Waals surface area contributed by atoms with Crippen molar-refractivity contribution >= 4 is 38.9 Å². The Balaban J connectivity index is 2.28. The minimum Gasteiger partial charge on any atom is -0.388 e. The number of aliphatic hydroxyl groups excluding tert-OH is 1. The zero-order chi connectivity index (χ0) is 13.1. The van der Waals surface area contributed by atoms with Crippen LogP contribution >= 0.6 is 38.9 Å². The van der Waals surface area contributed by atoms with E-state index < -0.39 is 6.10 Å². The summed E-state index contributed by atoms with van der Waals surface area (Å²) in [7, 11) is 0. The van der Waals surface area contributed by atoms with Crippen molar-refractivity contribution in [2.45, 2.75) is 12.0 Å². The van der Waals surface area contributed by atoms with Crippen LogP contribution in [-0.4, -0.2) is 11.7 Å². The third kappa shape index (κ3) is 2.95. The SMILES string of the molecule is NCC(c1cccs1)C(O)c1ccc(Cl)c(Br)c1. The summed E-state index contributed by atoms with van der Waals surface area (Å²) in [6, 6.07) is 9.40. The average molecular weight is 347 g/mol. The smallest absolute Gasteiger partial charge is 0.0879 e. The van der Waals surface area contributed by atoms with Gasteiger partial charge in [-0.1, -0.05) is 23.7 Å². The largest absolute Gasteiger partial charge is 0.388 e. The summed E-state index contributed by atoms with van der Waals surface area (Å²) in [6.07, 6.45) is -0.623. The van der Waals surface area contributed by atoms with Crippen molar-refractivity contribution in [1.29, 1.82) is 0 Å². The molecule has 0 aliphatic carbocycles. The first-order chi connectivity index (χ1) is 8.63. The fourth-order valence-corrected chi connectivity index (χ4v) is 3.22. The Morgan fingerprint density at radius 3 is 2.72 bits per heavy atom. The Kier molecular flexibility index (Phi) is 4.81. The normalized spacial score (nSPS) is 14.4. The Bertz CT molecular complexity index is 518. The first kappa shape index (κ1) is 14.0. The Hall–Kier alpha value is -0.390. The lowest BCUT2D eigenvalue weighted by Crippen LogP contribution is -2.19. The number of hydrogen-bond acceptors (Lipinski definition) is 3. The molecule has 0 spiro atoms. The number of nitrogens with two attached hydrogens (primary N) is 1. The van der Waals surface area contributed by atoms with Gasteiger partial charge in [0.05, 0.1) is 11.1 Å². The van der Waals surface area contributed by atoms with E-state index in [1.165, 1.54) is 0 Å². The summed E-state index contributed by atoms with van der Waals surface area (Å²) in [4.78, 5) is 1.09. The number of thiophene rings is 1. The van der Waals surface area contributed by atoms with Gasteiger partial charge in [0.25, 0.3) is 0 Å². The molecule has 5 heteroatoms. The maximum atomic E-state index is 10.4. The lowest BCUT2D eigenvalue weighted by atomic mass is 9.94. The molecule has 1 aromatic carbocycles. The van der Waals surface area contributed by atoms with Gasteiger partial charge in [0, 0.05) is 21.8 Å². The second-order valence-corrected chi connectivity index (χ2v) is 6.22. The van der Waals surface area contributed by atoms with E-state index in [0.717, 1.165) is 14.9 Å². The van der Waals surface area contributed by atoms with Gasteiger partial charge in [0.15, 0.2) is 0 Å². The fourth-order valence-electron chi connectivity index (χ4n) is 1.83. The predicted molar refractivity (Wildman–Crippen MR) is 80.2 cm³/mol. The molecule has 2 aromatic rings. The number of rotatable bonds is 4. The molecule has 96 valence electrons. The van der Waals surface area contributed by atoms with E-state index in [0.29, 0.717) is 11.6 Å². The van der Waals surface area contributed by atoms with Gasteiger partial charge < -0.3 is 10.8 Å². The lowest BCUT2D eigenvalue weighted by molar-refractivity contribution is 0.149. The van der Waals surface area contributed by atoms with E-state index in [9.17, 15) is 5.11 Å². The minimum atomic E-state index is -0.623. The van der Waals surface area contributed by atoms with Crippen LogP contribution in [0.25, 0.3) is 0 Å². The highest BCUT2D eigenvalue weighted by Gasteiger charge is 2.22. The first-order valence-corrected chi connectivity index (χ1v) is 7.55. The van der Waals surface area contributed by atoms with Crippen LogP contribution < -0.4 is 5.73 Å². The molecule has 0 saturated heterocycles. The molecular weight excluding hydrogens is 334 g/mol. The number of aliphatic hydroxyl groups is 1. The van der Waals surface area contributed by atoms with Gasteiger partial charge >= 0.3 is 0 Å². The maximum Gasteiger partial charge on any atom is 0.0879 e. The Labute approximate surface area is 124 Å². The fraction of sp³-hybridized carbons (Fsp3) is 0.231. The van der Waals surface area contributed by atoms with Gasteiger partial charge in [-0.2, -0.15) is 0 Å². The number of halogens is 2. The van der Waals surface area contributed by atoms with Crippen LogP contribution in [0.5, 0.6) is 0 Å². The molecule has 0 aliphatic rings. The third-order valence-electron chi connectivity index (χ3n) is 2.83. The van der Waals surface area contributed by atoms with Crippen molar-refractivity contribution in [3.63, 3.8) is 0 Å². The summed E-state index contributed by atoms with van der Waals surface area (Å²) >= 11 is 10.9. The van der Waals surface area contributed by atoms with E-state index in [1.807, 2.05) is 29.6 Å². The Morgan fingerprint density at radius 1 is 1.39 bits per heavy atom. The van der Waals surface area contributed by atoms with E-state index in [4.69, 9.17) is 17.3 Å². The van der Waals surface area contributed by atoms with Crippen LogP contribution in [0.15, 0.2) is 40.2 Å². The van der Waals surface area contributed by atoms with E-state index in [2.05, 4.69) is 15.9 Å². The quantitative estimate of drug-likeness (QED) is 0.881. The summed E-state index contributed by atoms with van der Waals surface area (Å²) in [5.41, 5.74) is 6.59. The molecular formula is C13H13BrClNOS. The predicted octanol–water partition coefficient (Wildman–Crippen LogP) is 3.94. The molecule has 2 unspecified atom stereocenters. The molecule has 0 bridgehead atoms. The van der Waals surface area contributed by atoms with Crippen molar-refractivity contribution < 1.29 is 5.11 Å². The molecule has 18 heavy (non-hydrogen) atoms. The molecule has 0 fully saturated rings. The topological polar surface area (TPSA) is 46.2 Å². The van der Waals surface area contributed by atoms with Crippen LogP contribution in [0.1, 0.15) is 22.5 Å². The first-order valence-electron chi connectivity index (χ1n) is 5.50. The summed E-state index contributed by atoms with van der Waals surface area (Å²) < 4.78 is 0.780. The average Bonchev–Trinajstić information content (AvgIpc) is 2.87. The summed E-state index contributed by atoms with van der Waals surface area (Å²) in [5.74, 6) is -0.0851. The van der Waals surface area contributed by atoms with Gasteiger partial charge in [-0.15, -0.1) is 11.3 Å². The van der Waals surface area contributed by atoms with Crippen molar-refractivity contribution in [3.8, 4) is 0 Å². The molecule has 2 rings (SSSR count). The maximum absolute atomic E-state index is 10.4. The zero-order valence-electron chi connectivity index (χ0n) is 9.51. The third-order valence-corrected chi connectivity index (χ3v) is 5.05. The van der Waals surface area contributed by atoms with Gasteiger partial charge in [0.1, 0.15) is 0 Å². The van der Waals surface area contributed by atoms with Gasteiger partial charge in [-0.05, 0) is 45.1 Å². The highest BCUT2D eigenvalue weighted by Crippen LogP contribution is 2.35. The molecule has 3 N–H and O–H groups in total. The van der Waals surface area contributed by atoms with Gasteiger partial charge in [-0.25, -0.2) is 0 Å². The highest BCUT2D eigenvalue weighted by molar-refractivity contribution is 9.10. The molecule has 2 nitrogen and oxygen atoms in total. The molecule has 1 heterocycles. The van der Waals surface area contributed by atoms with Gasteiger partial charge in [-0.3, -0.25) is 0 Å². The van der Waals surface area contributed by atoms with Crippen LogP contribution in [0, 0.1) is 0 Å². The number of benzene rings is 1. The Morgan fingerprint density at radius 2 is 2.17 bits per heavy atom. The minimum absolute atomic E-state index is 0.0851. The summed E-state index contributed by atoms with van der Waals surface area (Å²) in [6.45, 7) is 0.405. The molecule has 0 amide bonds. The van der Waals surface area contributed by atoms with E-state index in [-0.39, 0.29) is 5.92 Å². The molecule has 0 aliphatic heterocycles. The van der Waals surface area contributed by atoms with Crippen molar-refractivity contribution in [1.82, 2.24) is 0 Å². The highest BCUT2D eigenvalue weighted by atomic mass is 79.9. The molecule has 0 saturated carbocycles. The monoisotopic (exact) mass is 345 g/mol. The van der Waals surface area contributed by atoms with Gasteiger partial charge in [0.2, 0.25) is 0 Å². The van der Waals surface area contributed by atoms with Crippen LogP contribution in [0.4, 0.5) is 0 Å². The second-order valence-electron chi connectivity index (χ2n) is 3.98. The molecule has 0 radical (unpaired) electrons. The second kappa shape index (κ2) is 6.17. The summed E-state index contributed by atoms with van der Waals surface area (Å²) in [5, 5.41) is 13.0. The van der Waals surface area contributed by atoms with Crippen molar-refractivity contribution in [2.24, 2.45) is 5.73 Å². The standard InChI is InChI=1S/C13H13BrClNOS/c14-10-6-8(3-4-11(10)15)13(17)9(7-16)12-2-1-5-18-12/h1-6,9,13,17H,7,16H2. The van der Waals surface area contributed by atoms with Crippen molar-refractivity contribution in [2.75, 3.05) is 6.54 Å². The van der Waals surface area contributed by atoms with Crippen LogP contribution in [-0.2, 0) is 0 Å². The lowest BCUT2D eigenvalue weighted by Gasteiger charge is -2.21. The van der Waals surface area contributed by atoms with Crippen LogP contribution in [0.3, 0.4) is 0 Å². The molecule has 1 aromatic heterocycles. The van der Waals surface area contributed by atoms with Crippen LogP contribution in [0.2, 0.25) is 5.02 Å². The van der Waals surface area contributed by atoms with E-state index >= 15 is 0 Å². The molecule has 2 atom stereocenters. The van der Waals surface area contributed by atoms with Crippen molar-refractivity contribution in [3.05, 3.63) is 55.6 Å².